The zero-order valence-corrected chi connectivity index (χ0v) is 12.6. The molecule has 0 aromatic carbocycles. The van der Waals surface area contributed by atoms with E-state index in [2.05, 4.69) is 47.4 Å². The summed E-state index contributed by atoms with van der Waals surface area (Å²) < 4.78 is 2.84. The summed E-state index contributed by atoms with van der Waals surface area (Å²) in [6.45, 7) is 11.1. The number of hydrogen-bond donors (Lipinski definition) is 1. The Morgan fingerprint density at radius 2 is 1.83 bits per heavy atom. The summed E-state index contributed by atoms with van der Waals surface area (Å²) in [5, 5.41) is 7.33. The van der Waals surface area contributed by atoms with Crippen LogP contribution in [0.4, 0.5) is 5.95 Å². The van der Waals surface area contributed by atoms with Crippen molar-refractivity contribution < 1.29 is 0 Å². The molecule has 1 aromatic heterocycles. The molecular weight excluding hydrogens is 244 g/mol. The molecule has 102 valence electrons. The number of H-pyrrole nitrogens is 1. The van der Waals surface area contributed by atoms with Gasteiger partial charge in [-0.1, -0.05) is 13.8 Å². The summed E-state index contributed by atoms with van der Waals surface area (Å²) >= 11 is 5.30. The quantitative estimate of drug-likeness (QED) is 0.854. The number of aromatic amines is 1. The Labute approximate surface area is 114 Å². The lowest BCUT2D eigenvalue weighted by atomic mass is 9.87. The van der Waals surface area contributed by atoms with Gasteiger partial charge in [0.05, 0.1) is 0 Å². The molecule has 0 spiro atoms. The highest BCUT2D eigenvalue weighted by atomic mass is 32.1. The summed E-state index contributed by atoms with van der Waals surface area (Å²) in [7, 11) is 0. The van der Waals surface area contributed by atoms with Crippen molar-refractivity contribution in [1.29, 1.82) is 0 Å². The van der Waals surface area contributed by atoms with Crippen molar-refractivity contribution >= 4 is 18.2 Å². The second-order valence-electron chi connectivity index (χ2n) is 5.86. The summed E-state index contributed by atoms with van der Waals surface area (Å²) in [5.41, 5.74) is 0. The first-order valence-electron chi connectivity index (χ1n) is 6.92. The van der Waals surface area contributed by atoms with E-state index in [1.165, 1.54) is 12.8 Å². The van der Waals surface area contributed by atoms with Crippen LogP contribution in [0.2, 0.25) is 0 Å². The first kappa shape index (κ1) is 13.6. The van der Waals surface area contributed by atoms with Gasteiger partial charge in [0.1, 0.15) is 0 Å². The van der Waals surface area contributed by atoms with E-state index in [0.717, 1.165) is 35.6 Å². The van der Waals surface area contributed by atoms with E-state index in [-0.39, 0.29) is 0 Å². The SMILES string of the molecule is CC(C)C1CCN(c2n[nH]c(=S)n2C(C)C)CC1. The maximum atomic E-state index is 5.30. The van der Waals surface area contributed by atoms with Crippen LogP contribution < -0.4 is 4.90 Å². The molecule has 1 aromatic rings. The Morgan fingerprint density at radius 3 is 2.33 bits per heavy atom. The number of aromatic nitrogens is 3. The van der Waals surface area contributed by atoms with Gasteiger partial charge in [-0.3, -0.25) is 4.57 Å². The Bertz CT molecular complexity index is 438. The number of piperidine rings is 1. The van der Waals surface area contributed by atoms with Gasteiger partial charge < -0.3 is 4.90 Å². The molecule has 4 nitrogen and oxygen atoms in total. The number of rotatable bonds is 3. The maximum absolute atomic E-state index is 5.30. The van der Waals surface area contributed by atoms with E-state index in [9.17, 15) is 0 Å². The molecule has 0 bridgehead atoms. The Balaban J connectivity index is 2.13. The molecule has 0 saturated carbocycles. The average molecular weight is 268 g/mol. The molecule has 0 amide bonds. The van der Waals surface area contributed by atoms with Gasteiger partial charge in [0.25, 0.3) is 0 Å². The number of nitrogens with one attached hydrogen (secondary N) is 1. The molecule has 1 N–H and O–H groups in total. The van der Waals surface area contributed by atoms with Crippen LogP contribution in [0.3, 0.4) is 0 Å². The molecule has 1 fully saturated rings. The number of nitrogens with zero attached hydrogens (tertiary/aromatic N) is 3. The highest BCUT2D eigenvalue weighted by Gasteiger charge is 2.24. The lowest BCUT2D eigenvalue weighted by Crippen LogP contribution is -2.37. The van der Waals surface area contributed by atoms with Crippen molar-refractivity contribution in [3.63, 3.8) is 0 Å². The molecule has 2 heterocycles. The van der Waals surface area contributed by atoms with Crippen molar-refractivity contribution in [3.05, 3.63) is 4.77 Å². The van der Waals surface area contributed by atoms with Crippen LogP contribution in [0.15, 0.2) is 0 Å². The van der Waals surface area contributed by atoms with Gasteiger partial charge in [-0.15, -0.1) is 5.10 Å². The smallest absolute Gasteiger partial charge is 0.225 e. The minimum Gasteiger partial charge on any atom is -0.341 e. The molecule has 0 atom stereocenters. The number of hydrogen-bond acceptors (Lipinski definition) is 3. The van der Waals surface area contributed by atoms with Gasteiger partial charge in [-0.2, -0.15) is 0 Å². The van der Waals surface area contributed by atoms with E-state index >= 15 is 0 Å². The van der Waals surface area contributed by atoms with Gasteiger partial charge in [0.15, 0.2) is 4.77 Å². The lowest BCUT2D eigenvalue weighted by Gasteiger charge is -2.34. The fraction of sp³-hybridized carbons (Fsp3) is 0.846. The van der Waals surface area contributed by atoms with Crippen LogP contribution in [0.25, 0.3) is 0 Å². The highest BCUT2D eigenvalue weighted by molar-refractivity contribution is 7.71. The summed E-state index contributed by atoms with van der Waals surface area (Å²) in [6, 6.07) is 0.356. The second kappa shape index (κ2) is 5.43. The summed E-state index contributed by atoms with van der Waals surface area (Å²) in [4.78, 5) is 2.37. The zero-order valence-electron chi connectivity index (χ0n) is 11.8. The van der Waals surface area contributed by atoms with Gasteiger partial charge in [0.2, 0.25) is 5.95 Å². The monoisotopic (exact) mass is 268 g/mol. The minimum atomic E-state index is 0.356. The molecule has 0 unspecified atom stereocenters. The largest absolute Gasteiger partial charge is 0.341 e. The zero-order chi connectivity index (χ0) is 13.3. The van der Waals surface area contributed by atoms with E-state index in [1.807, 2.05) is 0 Å². The minimum absolute atomic E-state index is 0.356. The molecular formula is C13H24N4S. The predicted molar refractivity (Wildman–Crippen MR) is 77.6 cm³/mol. The fourth-order valence-electron chi connectivity index (χ4n) is 2.75. The maximum Gasteiger partial charge on any atom is 0.225 e. The van der Waals surface area contributed by atoms with Crippen LogP contribution in [0, 0.1) is 16.6 Å². The van der Waals surface area contributed by atoms with E-state index in [0.29, 0.717) is 6.04 Å². The van der Waals surface area contributed by atoms with Crippen LogP contribution in [-0.4, -0.2) is 27.9 Å². The molecule has 2 rings (SSSR count). The van der Waals surface area contributed by atoms with Crippen LogP contribution in [-0.2, 0) is 0 Å². The Hall–Kier alpha value is -0.840. The number of anilines is 1. The molecule has 18 heavy (non-hydrogen) atoms. The molecule has 1 aliphatic heterocycles. The molecule has 1 aliphatic rings. The Kier molecular flexibility index (Phi) is 4.10. The predicted octanol–water partition coefficient (Wildman–Crippen LogP) is 3.39. The molecule has 0 aliphatic carbocycles. The van der Waals surface area contributed by atoms with Crippen molar-refractivity contribution in [2.45, 2.75) is 46.6 Å². The first-order chi connectivity index (χ1) is 8.50. The summed E-state index contributed by atoms with van der Waals surface area (Å²) in [6.07, 6.45) is 2.52. The normalized spacial score (nSPS) is 18.0. The average Bonchev–Trinajstić information content (AvgIpc) is 2.71. The van der Waals surface area contributed by atoms with Gasteiger partial charge in [0, 0.05) is 19.1 Å². The highest BCUT2D eigenvalue weighted by Crippen LogP contribution is 2.27. The van der Waals surface area contributed by atoms with Crippen LogP contribution in [0.1, 0.15) is 46.6 Å². The van der Waals surface area contributed by atoms with Gasteiger partial charge in [-0.05, 0) is 50.7 Å². The van der Waals surface area contributed by atoms with Crippen molar-refractivity contribution in [2.75, 3.05) is 18.0 Å². The third kappa shape index (κ3) is 2.60. The van der Waals surface area contributed by atoms with Crippen LogP contribution in [0.5, 0.6) is 0 Å². The first-order valence-corrected chi connectivity index (χ1v) is 7.33. The molecule has 5 heteroatoms. The van der Waals surface area contributed by atoms with Gasteiger partial charge >= 0.3 is 0 Å². The van der Waals surface area contributed by atoms with Gasteiger partial charge in [-0.25, -0.2) is 5.10 Å². The third-order valence-electron chi connectivity index (χ3n) is 3.97. The summed E-state index contributed by atoms with van der Waals surface area (Å²) in [5.74, 6) is 2.66. The molecule has 1 saturated heterocycles. The van der Waals surface area contributed by atoms with Crippen molar-refractivity contribution in [1.82, 2.24) is 14.8 Å². The van der Waals surface area contributed by atoms with E-state index in [4.69, 9.17) is 12.2 Å². The topological polar surface area (TPSA) is 36.9 Å². The van der Waals surface area contributed by atoms with E-state index < -0.39 is 0 Å². The lowest BCUT2D eigenvalue weighted by molar-refractivity contribution is 0.308. The van der Waals surface area contributed by atoms with Crippen LogP contribution >= 0.6 is 12.2 Å². The fourth-order valence-corrected chi connectivity index (χ4v) is 3.09. The van der Waals surface area contributed by atoms with Crippen molar-refractivity contribution in [3.8, 4) is 0 Å². The second-order valence-corrected chi connectivity index (χ2v) is 6.25. The Morgan fingerprint density at radius 1 is 1.22 bits per heavy atom. The standard InChI is InChI=1S/C13H24N4S/c1-9(2)11-5-7-16(8-6-11)12-14-15-13(18)17(12)10(3)4/h9-11H,5-8H2,1-4H3,(H,15,18). The molecule has 0 radical (unpaired) electrons. The third-order valence-corrected chi connectivity index (χ3v) is 4.26. The van der Waals surface area contributed by atoms with Crippen molar-refractivity contribution in [2.24, 2.45) is 11.8 Å². The van der Waals surface area contributed by atoms with E-state index in [1.54, 1.807) is 0 Å².